The molecule has 1 rings (SSSR count). The number of rotatable bonds is 8. The van der Waals surface area contributed by atoms with Crippen molar-refractivity contribution in [1.29, 1.82) is 0 Å². The first-order valence-corrected chi connectivity index (χ1v) is 8.58. The number of nitrogens with zero attached hydrogens (tertiary/aromatic N) is 2. The lowest BCUT2D eigenvalue weighted by Gasteiger charge is -2.18. The van der Waals surface area contributed by atoms with Gasteiger partial charge in [0.15, 0.2) is 5.96 Å². The number of likely N-dealkylation sites (tertiary alicyclic amines) is 1. The predicted molar refractivity (Wildman–Crippen MR) is 90.3 cm³/mol. The average molecular weight is 326 g/mol. The molecule has 0 aromatic heterocycles. The van der Waals surface area contributed by atoms with Gasteiger partial charge in [0.25, 0.3) is 0 Å². The molecule has 1 saturated heterocycles. The van der Waals surface area contributed by atoms with Crippen LogP contribution in [0.25, 0.3) is 0 Å². The van der Waals surface area contributed by atoms with E-state index in [0.29, 0.717) is 32.4 Å². The minimum absolute atomic E-state index is 0.176. The van der Waals surface area contributed by atoms with Gasteiger partial charge in [0.1, 0.15) is 0 Å². The molecule has 1 aliphatic rings. The Kier molecular flexibility index (Phi) is 9.09. The van der Waals surface area contributed by atoms with Gasteiger partial charge >= 0.3 is 5.97 Å². The van der Waals surface area contributed by atoms with Gasteiger partial charge in [-0.1, -0.05) is 6.92 Å². The van der Waals surface area contributed by atoms with E-state index >= 15 is 0 Å². The molecule has 0 aromatic rings. The first-order valence-electron chi connectivity index (χ1n) is 8.58. The highest BCUT2D eigenvalue weighted by molar-refractivity contribution is 5.80. The number of hydrogen-bond acceptors (Lipinski definition) is 4. The number of guanidine groups is 1. The summed E-state index contributed by atoms with van der Waals surface area (Å²) in [6, 6.07) is 0.230. The molecule has 0 aromatic carbocycles. The van der Waals surface area contributed by atoms with E-state index in [9.17, 15) is 9.59 Å². The van der Waals surface area contributed by atoms with E-state index in [-0.39, 0.29) is 17.9 Å². The Morgan fingerprint density at radius 2 is 2.09 bits per heavy atom. The van der Waals surface area contributed by atoms with Crippen LogP contribution in [0.15, 0.2) is 4.99 Å². The third-order valence-electron chi connectivity index (χ3n) is 3.64. The average Bonchev–Trinajstić information content (AvgIpc) is 2.99. The van der Waals surface area contributed by atoms with Crippen LogP contribution in [0.4, 0.5) is 0 Å². The zero-order valence-electron chi connectivity index (χ0n) is 14.6. The molecule has 0 saturated carbocycles. The van der Waals surface area contributed by atoms with Crippen molar-refractivity contribution in [3.63, 3.8) is 0 Å². The summed E-state index contributed by atoms with van der Waals surface area (Å²) in [5.74, 6) is 0.767. The van der Waals surface area contributed by atoms with Crippen molar-refractivity contribution in [2.45, 2.75) is 52.5 Å². The summed E-state index contributed by atoms with van der Waals surface area (Å²) in [5, 5.41) is 6.57. The second-order valence-electron chi connectivity index (χ2n) is 5.49. The van der Waals surface area contributed by atoms with Gasteiger partial charge in [0, 0.05) is 45.1 Å². The highest BCUT2D eigenvalue weighted by Gasteiger charge is 2.25. The van der Waals surface area contributed by atoms with Gasteiger partial charge in [0.2, 0.25) is 5.91 Å². The summed E-state index contributed by atoms with van der Waals surface area (Å²) in [4.78, 5) is 29.4. The maximum atomic E-state index is 11.7. The van der Waals surface area contributed by atoms with Crippen molar-refractivity contribution in [2.24, 2.45) is 4.99 Å². The van der Waals surface area contributed by atoms with Crippen molar-refractivity contribution in [1.82, 2.24) is 15.5 Å². The fourth-order valence-corrected chi connectivity index (χ4v) is 2.49. The molecular weight excluding hydrogens is 296 g/mol. The minimum atomic E-state index is -0.176. The molecule has 2 N–H and O–H groups in total. The Labute approximate surface area is 138 Å². The number of esters is 1. The molecule has 7 heteroatoms. The highest BCUT2D eigenvalue weighted by atomic mass is 16.5. The molecule has 1 aliphatic heterocycles. The van der Waals surface area contributed by atoms with E-state index < -0.39 is 0 Å². The third kappa shape index (κ3) is 7.34. The van der Waals surface area contributed by atoms with E-state index in [0.717, 1.165) is 32.0 Å². The fraction of sp³-hybridized carbons (Fsp3) is 0.812. The van der Waals surface area contributed by atoms with Crippen LogP contribution in [0.2, 0.25) is 0 Å². The molecule has 1 atom stereocenters. The fourth-order valence-electron chi connectivity index (χ4n) is 2.49. The minimum Gasteiger partial charge on any atom is -0.466 e. The van der Waals surface area contributed by atoms with E-state index in [1.807, 2.05) is 18.7 Å². The molecule has 1 unspecified atom stereocenters. The van der Waals surface area contributed by atoms with Gasteiger partial charge in [-0.05, 0) is 26.7 Å². The lowest BCUT2D eigenvalue weighted by molar-refractivity contribution is -0.143. The van der Waals surface area contributed by atoms with Crippen LogP contribution in [0.3, 0.4) is 0 Å². The van der Waals surface area contributed by atoms with Crippen LogP contribution < -0.4 is 10.6 Å². The molecule has 0 aliphatic carbocycles. The Balaban J connectivity index is 2.38. The number of amides is 1. The first-order chi connectivity index (χ1) is 11.1. The SMILES string of the molecule is CCNC(=NCCCC(=O)OCC)NC1CCN(C(=O)CC)C1. The van der Waals surface area contributed by atoms with Crippen LogP contribution in [0, 0.1) is 0 Å². The molecule has 0 spiro atoms. The summed E-state index contributed by atoms with van der Waals surface area (Å²) in [7, 11) is 0. The predicted octanol–water partition coefficient (Wildman–Crippen LogP) is 0.896. The summed E-state index contributed by atoms with van der Waals surface area (Å²) in [6.45, 7) is 8.98. The van der Waals surface area contributed by atoms with Crippen molar-refractivity contribution in [2.75, 3.05) is 32.8 Å². The molecule has 7 nitrogen and oxygen atoms in total. The Bertz CT molecular complexity index is 412. The maximum Gasteiger partial charge on any atom is 0.305 e. The topological polar surface area (TPSA) is 83.0 Å². The Morgan fingerprint density at radius 1 is 1.30 bits per heavy atom. The van der Waals surface area contributed by atoms with Gasteiger partial charge in [0.05, 0.1) is 6.61 Å². The molecular formula is C16H30N4O3. The van der Waals surface area contributed by atoms with E-state index in [1.165, 1.54) is 0 Å². The van der Waals surface area contributed by atoms with E-state index in [4.69, 9.17) is 4.74 Å². The second-order valence-corrected chi connectivity index (χ2v) is 5.49. The number of ether oxygens (including phenoxy) is 1. The smallest absolute Gasteiger partial charge is 0.305 e. The van der Waals surface area contributed by atoms with Crippen LogP contribution in [-0.2, 0) is 14.3 Å². The summed E-state index contributed by atoms with van der Waals surface area (Å²) in [5.41, 5.74) is 0. The molecule has 0 bridgehead atoms. The van der Waals surface area contributed by atoms with Crippen molar-refractivity contribution in [3.05, 3.63) is 0 Å². The number of carbonyl (C=O) groups is 2. The Hall–Kier alpha value is -1.79. The lowest BCUT2D eigenvalue weighted by atomic mass is 10.3. The number of nitrogens with one attached hydrogen (secondary N) is 2. The normalized spacial score (nSPS) is 18.0. The lowest BCUT2D eigenvalue weighted by Crippen LogP contribution is -2.45. The highest BCUT2D eigenvalue weighted by Crippen LogP contribution is 2.10. The van der Waals surface area contributed by atoms with Gasteiger partial charge in [-0.15, -0.1) is 0 Å². The summed E-state index contributed by atoms with van der Waals surface area (Å²) in [6.07, 6.45) is 2.53. The van der Waals surface area contributed by atoms with Crippen molar-refractivity contribution in [3.8, 4) is 0 Å². The van der Waals surface area contributed by atoms with Crippen LogP contribution >= 0.6 is 0 Å². The summed E-state index contributed by atoms with van der Waals surface area (Å²) < 4.78 is 4.89. The zero-order chi connectivity index (χ0) is 17.1. The molecule has 1 heterocycles. The molecule has 132 valence electrons. The molecule has 0 radical (unpaired) electrons. The quantitative estimate of drug-likeness (QED) is 0.300. The van der Waals surface area contributed by atoms with Crippen molar-refractivity contribution >= 4 is 17.8 Å². The van der Waals surface area contributed by atoms with Crippen LogP contribution in [0.5, 0.6) is 0 Å². The van der Waals surface area contributed by atoms with Gasteiger partial charge < -0.3 is 20.3 Å². The number of hydrogen-bond donors (Lipinski definition) is 2. The van der Waals surface area contributed by atoms with Gasteiger partial charge in [-0.3, -0.25) is 14.6 Å². The Morgan fingerprint density at radius 3 is 2.74 bits per heavy atom. The van der Waals surface area contributed by atoms with E-state index in [1.54, 1.807) is 6.92 Å². The number of aliphatic imine (C=N–C) groups is 1. The zero-order valence-corrected chi connectivity index (χ0v) is 14.6. The molecule has 1 amide bonds. The standard InChI is InChI=1S/C16H30N4O3/c1-4-14(21)20-11-9-13(12-20)19-16(17-5-2)18-10-7-8-15(22)23-6-3/h13H,4-12H2,1-3H3,(H2,17,18,19). The number of carbonyl (C=O) groups excluding carboxylic acids is 2. The van der Waals surface area contributed by atoms with Crippen molar-refractivity contribution < 1.29 is 14.3 Å². The molecule has 1 fully saturated rings. The van der Waals surface area contributed by atoms with Gasteiger partial charge in [-0.2, -0.15) is 0 Å². The van der Waals surface area contributed by atoms with E-state index in [2.05, 4.69) is 15.6 Å². The third-order valence-corrected chi connectivity index (χ3v) is 3.64. The second kappa shape index (κ2) is 10.9. The van der Waals surface area contributed by atoms with Crippen LogP contribution in [-0.4, -0.2) is 61.6 Å². The van der Waals surface area contributed by atoms with Crippen LogP contribution in [0.1, 0.15) is 46.5 Å². The largest absolute Gasteiger partial charge is 0.466 e. The maximum absolute atomic E-state index is 11.7. The monoisotopic (exact) mass is 326 g/mol. The van der Waals surface area contributed by atoms with Gasteiger partial charge in [-0.25, -0.2) is 0 Å². The summed E-state index contributed by atoms with van der Waals surface area (Å²) >= 11 is 0. The molecule has 23 heavy (non-hydrogen) atoms. The first kappa shape index (κ1) is 19.3.